The number of nitrogens with zero attached hydrogens (tertiary/aromatic N) is 1. The molecule has 7 nitrogen and oxygen atoms in total. The number of amides is 2. The molecule has 7 heteroatoms. The number of nitrogens with two attached hydrogens (primary N) is 1. The summed E-state index contributed by atoms with van der Waals surface area (Å²) in [5.74, 6) is -2.23. The Hall–Kier alpha value is -4.13. The van der Waals surface area contributed by atoms with E-state index in [1.807, 2.05) is 91.0 Å². The molecule has 3 rings (SSSR count). The third-order valence-electron chi connectivity index (χ3n) is 5.52. The summed E-state index contributed by atoms with van der Waals surface area (Å²) >= 11 is 0. The molecule has 0 saturated carbocycles. The molecule has 35 heavy (non-hydrogen) atoms. The van der Waals surface area contributed by atoms with Gasteiger partial charge in [0, 0.05) is 0 Å². The topological polar surface area (TPSA) is 110 Å². The highest BCUT2D eigenvalue weighted by Crippen LogP contribution is 2.44. The van der Waals surface area contributed by atoms with Crippen LogP contribution in [0.2, 0.25) is 0 Å². The number of hydrogen-bond donors (Lipinski definition) is 2. The van der Waals surface area contributed by atoms with Crippen LogP contribution in [0.1, 0.15) is 43.9 Å². The van der Waals surface area contributed by atoms with Crippen molar-refractivity contribution in [3.8, 4) is 0 Å². The van der Waals surface area contributed by atoms with E-state index in [1.54, 1.807) is 20.8 Å². The molecule has 1 atom stereocenters. The van der Waals surface area contributed by atoms with Crippen molar-refractivity contribution in [1.29, 1.82) is 0 Å². The molecule has 3 aromatic carbocycles. The average molecular weight is 475 g/mol. The molecule has 0 bridgehead atoms. The van der Waals surface area contributed by atoms with E-state index in [4.69, 9.17) is 10.5 Å². The third-order valence-corrected chi connectivity index (χ3v) is 5.52. The minimum Gasteiger partial charge on any atom is -0.480 e. The zero-order valence-electron chi connectivity index (χ0n) is 20.0. The Labute approximate surface area is 205 Å². The molecule has 3 aromatic rings. The van der Waals surface area contributed by atoms with Gasteiger partial charge >= 0.3 is 12.1 Å². The van der Waals surface area contributed by atoms with Crippen LogP contribution in [0.25, 0.3) is 0 Å². The first-order valence-corrected chi connectivity index (χ1v) is 11.3. The second-order valence-electron chi connectivity index (χ2n) is 9.18. The van der Waals surface area contributed by atoms with E-state index >= 15 is 0 Å². The summed E-state index contributed by atoms with van der Waals surface area (Å²) in [4.78, 5) is 39.8. The Morgan fingerprint density at radius 2 is 1.17 bits per heavy atom. The summed E-state index contributed by atoms with van der Waals surface area (Å²) < 4.78 is 5.75. The van der Waals surface area contributed by atoms with E-state index in [-0.39, 0.29) is 0 Å². The number of benzene rings is 3. The summed E-state index contributed by atoms with van der Waals surface area (Å²) in [5.41, 5.74) is 4.96. The minimum atomic E-state index is -1.61. The van der Waals surface area contributed by atoms with Gasteiger partial charge < -0.3 is 15.6 Å². The zero-order valence-corrected chi connectivity index (χ0v) is 20.0. The lowest BCUT2D eigenvalue weighted by molar-refractivity contribution is -0.147. The number of aliphatic carboxylic acids is 1. The number of rotatable bonds is 8. The van der Waals surface area contributed by atoms with Crippen LogP contribution in [-0.4, -0.2) is 39.6 Å². The summed E-state index contributed by atoms with van der Waals surface area (Å²) in [5, 5.41) is 10.3. The average Bonchev–Trinajstić information content (AvgIpc) is 2.81. The maximum Gasteiger partial charge on any atom is 0.412 e. The van der Waals surface area contributed by atoms with Gasteiger partial charge in [-0.15, -0.1) is 0 Å². The van der Waals surface area contributed by atoms with E-state index in [0.29, 0.717) is 16.7 Å². The largest absolute Gasteiger partial charge is 0.480 e. The number of ether oxygens (including phenoxy) is 1. The molecule has 0 radical (unpaired) electrons. The first-order chi connectivity index (χ1) is 16.6. The van der Waals surface area contributed by atoms with E-state index in [2.05, 4.69) is 0 Å². The molecule has 0 unspecified atom stereocenters. The molecule has 0 spiro atoms. The molecule has 0 heterocycles. The zero-order chi connectivity index (χ0) is 25.6. The number of carboxylic acid groups (broad SMARTS) is 1. The minimum absolute atomic E-state index is 0.594. The smallest absolute Gasteiger partial charge is 0.412 e. The number of hydrogen-bond acceptors (Lipinski definition) is 4. The quantitative estimate of drug-likeness (QED) is 0.466. The molecule has 2 amide bonds. The summed E-state index contributed by atoms with van der Waals surface area (Å²) in [6.45, 7) is 5.09. The third kappa shape index (κ3) is 5.51. The Balaban J connectivity index is 2.49. The number of carboxylic acids is 1. The number of primary amides is 1. The maximum absolute atomic E-state index is 13.9. The Morgan fingerprint density at radius 3 is 1.46 bits per heavy atom. The first kappa shape index (κ1) is 25.5. The number of carbonyl (C=O) groups excluding carboxylic acids is 2. The Bertz CT molecular complexity index is 1060. The Morgan fingerprint density at radius 1 is 0.800 bits per heavy atom. The molecule has 0 aliphatic carbocycles. The fraction of sp³-hybridized carbons (Fsp3) is 0.250. The van der Waals surface area contributed by atoms with E-state index in [9.17, 15) is 19.5 Å². The fourth-order valence-corrected chi connectivity index (χ4v) is 4.24. The lowest BCUT2D eigenvalue weighted by atomic mass is 9.74. The predicted molar refractivity (Wildman–Crippen MR) is 133 cm³/mol. The van der Waals surface area contributed by atoms with E-state index < -0.39 is 41.6 Å². The normalized spacial score (nSPS) is 12.4. The van der Waals surface area contributed by atoms with Crippen molar-refractivity contribution in [2.75, 3.05) is 0 Å². The summed E-state index contributed by atoms with van der Waals surface area (Å²) in [6, 6.07) is 25.7. The van der Waals surface area contributed by atoms with Crippen LogP contribution in [0.5, 0.6) is 0 Å². The molecular weight excluding hydrogens is 444 g/mol. The van der Waals surface area contributed by atoms with Gasteiger partial charge in [0.2, 0.25) is 5.91 Å². The van der Waals surface area contributed by atoms with Crippen LogP contribution in [0, 0.1) is 0 Å². The predicted octanol–water partition coefficient (Wildman–Crippen LogP) is 4.54. The summed E-state index contributed by atoms with van der Waals surface area (Å²) in [7, 11) is 0. The van der Waals surface area contributed by atoms with Crippen LogP contribution >= 0.6 is 0 Å². The highest BCUT2D eigenvalue weighted by Gasteiger charge is 2.51. The van der Waals surface area contributed by atoms with Gasteiger partial charge in [-0.3, -0.25) is 9.69 Å². The monoisotopic (exact) mass is 474 g/mol. The van der Waals surface area contributed by atoms with Gasteiger partial charge in [-0.1, -0.05) is 91.0 Å². The van der Waals surface area contributed by atoms with Crippen LogP contribution in [-0.2, 0) is 19.9 Å². The van der Waals surface area contributed by atoms with Crippen molar-refractivity contribution in [1.82, 2.24) is 4.90 Å². The SMILES string of the molecule is CC(C)(C)OC(=O)N([C@@H](CC(N)=O)C(=O)O)C(c1ccccc1)(c1ccccc1)c1ccccc1. The molecule has 182 valence electrons. The van der Waals surface area contributed by atoms with Crippen LogP contribution in [0.3, 0.4) is 0 Å². The van der Waals surface area contributed by atoms with Gasteiger partial charge in [0.05, 0.1) is 6.42 Å². The van der Waals surface area contributed by atoms with Gasteiger partial charge in [0.25, 0.3) is 0 Å². The molecule has 0 aliphatic heterocycles. The van der Waals surface area contributed by atoms with Crippen LogP contribution < -0.4 is 5.73 Å². The van der Waals surface area contributed by atoms with E-state index in [1.165, 1.54) is 0 Å². The molecule has 0 aliphatic rings. The van der Waals surface area contributed by atoms with Crippen molar-refractivity contribution in [3.63, 3.8) is 0 Å². The molecule has 0 fully saturated rings. The lowest BCUT2D eigenvalue weighted by Gasteiger charge is -2.47. The second kappa shape index (κ2) is 10.4. The number of carbonyl (C=O) groups is 3. The fourth-order valence-electron chi connectivity index (χ4n) is 4.24. The van der Waals surface area contributed by atoms with Gasteiger partial charge in [0.1, 0.15) is 17.2 Å². The molecule has 0 saturated heterocycles. The van der Waals surface area contributed by atoms with Gasteiger partial charge in [0.15, 0.2) is 0 Å². The standard InChI is InChI=1S/C28H30N2O5/c1-27(2,3)35-26(34)30(23(25(32)33)19-24(29)31)28(20-13-7-4-8-14-20,21-15-9-5-10-16-21)22-17-11-6-12-18-22/h4-18,23H,19H2,1-3H3,(H2,29,31)(H,32,33)/t23-/m0/s1. The lowest BCUT2D eigenvalue weighted by Crippen LogP contribution is -2.59. The Kier molecular flexibility index (Phi) is 7.59. The van der Waals surface area contributed by atoms with Crippen molar-refractivity contribution in [2.45, 2.75) is 44.4 Å². The molecular formula is C28H30N2O5. The maximum atomic E-state index is 13.9. The highest BCUT2D eigenvalue weighted by molar-refractivity contribution is 5.88. The van der Waals surface area contributed by atoms with Crippen LogP contribution in [0.4, 0.5) is 4.79 Å². The molecule has 3 N–H and O–H groups in total. The second-order valence-corrected chi connectivity index (χ2v) is 9.18. The highest BCUT2D eigenvalue weighted by atomic mass is 16.6. The van der Waals surface area contributed by atoms with E-state index in [0.717, 1.165) is 4.90 Å². The van der Waals surface area contributed by atoms with Crippen molar-refractivity contribution >= 4 is 18.0 Å². The molecule has 0 aromatic heterocycles. The van der Waals surface area contributed by atoms with Crippen molar-refractivity contribution in [3.05, 3.63) is 108 Å². The van der Waals surface area contributed by atoms with Crippen molar-refractivity contribution in [2.24, 2.45) is 5.73 Å². The van der Waals surface area contributed by atoms with Gasteiger partial charge in [-0.2, -0.15) is 0 Å². The van der Waals surface area contributed by atoms with Gasteiger partial charge in [-0.25, -0.2) is 9.59 Å². The van der Waals surface area contributed by atoms with Crippen molar-refractivity contribution < 1.29 is 24.2 Å². The van der Waals surface area contributed by atoms with Crippen LogP contribution in [0.15, 0.2) is 91.0 Å². The van der Waals surface area contributed by atoms with Gasteiger partial charge in [-0.05, 0) is 37.5 Å². The summed E-state index contributed by atoms with van der Waals surface area (Å²) in [6.07, 6.45) is -1.48. The first-order valence-electron chi connectivity index (χ1n) is 11.3.